The van der Waals surface area contributed by atoms with Gasteiger partial charge in [-0.15, -0.1) is 0 Å². The van der Waals surface area contributed by atoms with Crippen LogP contribution in [-0.4, -0.2) is 17.0 Å². The molecule has 100 valence electrons. The van der Waals surface area contributed by atoms with Gasteiger partial charge in [-0.3, -0.25) is 4.79 Å². The van der Waals surface area contributed by atoms with Crippen molar-refractivity contribution in [2.75, 3.05) is 6.54 Å². The van der Waals surface area contributed by atoms with Gasteiger partial charge in [0.05, 0.1) is 0 Å². The van der Waals surface area contributed by atoms with Crippen molar-refractivity contribution in [2.45, 2.75) is 45.6 Å². The summed E-state index contributed by atoms with van der Waals surface area (Å²) in [5.41, 5.74) is 0.741. The van der Waals surface area contributed by atoms with Gasteiger partial charge in [0.15, 0.2) is 0 Å². The Balaban J connectivity index is 1.90. The summed E-state index contributed by atoms with van der Waals surface area (Å²) in [7, 11) is 0. The van der Waals surface area contributed by atoms with Crippen molar-refractivity contribution < 1.29 is 4.79 Å². The van der Waals surface area contributed by atoms with E-state index in [0.29, 0.717) is 6.04 Å². The average molecular weight is 313 g/mol. The lowest BCUT2D eigenvalue weighted by Crippen LogP contribution is -2.29. The molecule has 1 aromatic rings. The minimum Gasteiger partial charge on any atom is -0.351 e. The largest absolute Gasteiger partial charge is 0.351 e. The predicted octanol–water partition coefficient (Wildman–Crippen LogP) is 3.75. The number of carbonyl (C=O) groups excluding carboxylic acids is 1. The first-order chi connectivity index (χ1) is 8.58. The number of aromatic nitrogens is 1. The minimum atomic E-state index is 0.0359. The normalized spacial score (nSPS) is 15.8. The van der Waals surface area contributed by atoms with Crippen molar-refractivity contribution in [1.82, 2.24) is 9.88 Å². The Morgan fingerprint density at radius 3 is 2.83 bits per heavy atom. The third-order valence-electron chi connectivity index (χ3n) is 3.67. The van der Waals surface area contributed by atoms with E-state index >= 15 is 0 Å². The van der Waals surface area contributed by atoms with Crippen LogP contribution < -0.4 is 5.32 Å². The van der Waals surface area contributed by atoms with Crippen molar-refractivity contribution in [3.63, 3.8) is 0 Å². The first-order valence-electron chi connectivity index (χ1n) is 6.73. The molecule has 18 heavy (non-hydrogen) atoms. The Bertz CT molecular complexity index is 421. The lowest BCUT2D eigenvalue weighted by Gasteiger charge is -2.25. The van der Waals surface area contributed by atoms with Crippen LogP contribution in [0.3, 0.4) is 0 Å². The van der Waals surface area contributed by atoms with E-state index in [0.717, 1.165) is 29.1 Å². The van der Waals surface area contributed by atoms with Gasteiger partial charge in [0.2, 0.25) is 0 Å². The molecule has 1 N–H and O–H groups in total. The fourth-order valence-electron chi connectivity index (χ4n) is 2.32. The summed E-state index contributed by atoms with van der Waals surface area (Å²) >= 11 is 3.43. The molecule has 0 bridgehead atoms. The second kappa shape index (κ2) is 5.91. The van der Waals surface area contributed by atoms with Crippen LogP contribution in [0.1, 0.15) is 56.1 Å². The molecule has 4 heteroatoms. The van der Waals surface area contributed by atoms with E-state index in [1.54, 1.807) is 0 Å². The molecule has 1 saturated carbocycles. The summed E-state index contributed by atoms with van der Waals surface area (Å²) in [5.74, 6) is 0.877. The molecule has 0 atom stereocenters. The molecule has 0 unspecified atom stereocenters. The van der Waals surface area contributed by atoms with Gasteiger partial charge < -0.3 is 9.88 Å². The minimum absolute atomic E-state index is 0.0359. The fourth-order valence-corrected chi connectivity index (χ4v) is 2.75. The number of nitrogens with zero attached hydrogens (tertiary/aromatic N) is 1. The van der Waals surface area contributed by atoms with E-state index in [1.165, 1.54) is 19.3 Å². The molecule has 0 aliphatic heterocycles. The summed E-state index contributed by atoms with van der Waals surface area (Å²) in [4.78, 5) is 12.1. The maximum absolute atomic E-state index is 12.1. The van der Waals surface area contributed by atoms with E-state index in [1.807, 2.05) is 16.8 Å². The number of carbonyl (C=O) groups is 1. The zero-order chi connectivity index (χ0) is 13.1. The first kappa shape index (κ1) is 13.7. The Kier molecular flexibility index (Phi) is 4.49. The lowest BCUT2D eigenvalue weighted by atomic mass is 9.83. The van der Waals surface area contributed by atoms with E-state index in [9.17, 15) is 4.79 Å². The van der Waals surface area contributed by atoms with Crippen LogP contribution in [-0.2, 0) is 0 Å². The maximum Gasteiger partial charge on any atom is 0.267 e. The number of hydrogen-bond acceptors (Lipinski definition) is 1. The molecule has 1 aromatic heterocycles. The van der Waals surface area contributed by atoms with E-state index in [2.05, 4.69) is 35.1 Å². The van der Waals surface area contributed by atoms with Gasteiger partial charge in [-0.25, -0.2) is 0 Å². The first-order valence-corrected chi connectivity index (χ1v) is 7.53. The average Bonchev–Trinajstić information content (AvgIpc) is 2.64. The SMILES string of the molecule is CC(C)n1cc(Br)cc1C(=O)NCCC1CCC1. The van der Waals surface area contributed by atoms with Gasteiger partial charge in [0.1, 0.15) is 5.69 Å². The maximum atomic E-state index is 12.1. The molecule has 1 aliphatic rings. The Morgan fingerprint density at radius 2 is 2.28 bits per heavy atom. The van der Waals surface area contributed by atoms with Crippen molar-refractivity contribution in [3.8, 4) is 0 Å². The summed E-state index contributed by atoms with van der Waals surface area (Å²) in [5, 5.41) is 3.03. The quantitative estimate of drug-likeness (QED) is 0.882. The van der Waals surface area contributed by atoms with Crippen LogP contribution in [0.15, 0.2) is 16.7 Å². The van der Waals surface area contributed by atoms with E-state index in [-0.39, 0.29) is 5.91 Å². The number of halogens is 1. The Labute approximate surface area is 117 Å². The summed E-state index contributed by atoms with van der Waals surface area (Å²) in [6.45, 7) is 4.96. The Hall–Kier alpha value is -0.770. The lowest BCUT2D eigenvalue weighted by molar-refractivity contribution is 0.0938. The predicted molar refractivity (Wildman–Crippen MR) is 76.8 cm³/mol. The van der Waals surface area contributed by atoms with Gasteiger partial charge >= 0.3 is 0 Å². The summed E-state index contributed by atoms with van der Waals surface area (Å²) in [6, 6.07) is 2.18. The van der Waals surface area contributed by atoms with Crippen molar-refractivity contribution >= 4 is 21.8 Å². The number of nitrogens with one attached hydrogen (secondary N) is 1. The number of rotatable bonds is 5. The van der Waals surface area contributed by atoms with Crippen molar-refractivity contribution in [2.24, 2.45) is 5.92 Å². The number of hydrogen-bond donors (Lipinski definition) is 1. The van der Waals surface area contributed by atoms with Crippen molar-refractivity contribution in [3.05, 3.63) is 22.4 Å². The van der Waals surface area contributed by atoms with Crippen LogP contribution in [0, 0.1) is 5.92 Å². The summed E-state index contributed by atoms with van der Waals surface area (Å²) < 4.78 is 2.96. The van der Waals surface area contributed by atoms with Crippen LogP contribution in [0.4, 0.5) is 0 Å². The molecule has 0 saturated heterocycles. The van der Waals surface area contributed by atoms with Crippen LogP contribution in [0.25, 0.3) is 0 Å². The Morgan fingerprint density at radius 1 is 1.56 bits per heavy atom. The van der Waals surface area contributed by atoms with Gasteiger partial charge in [0, 0.05) is 23.3 Å². The fraction of sp³-hybridized carbons (Fsp3) is 0.643. The standard InChI is InChI=1S/C14H21BrN2O/c1-10(2)17-9-12(15)8-13(17)14(18)16-7-6-11-4-3-5-11/h8-11H,3-7H2,1-2H3,(H,16,18). The second-order valence-electron chi connectivity index (χ2n) is 5.39. The molecule has 0 spiro atoms. The third kappa shape index (κ3) is 3.16. The van der Waals surface area contributed by atoms with Crippen LogP contribution in [0.5, 0.6) is 0 Å². The monoisotopic (exact) mass is 312 g/mol. The van der Waals surface area contributed by atoms with Gasteiger partial charge in [-0.1, -0.05) is 19.3 Å². The van der Waals surface area contributed by atoms with E-state index in [4.69, 9.17) is 0 Å². The topological polar surface area (TPSA) is 34.0 Å². The van der Waals surface area contributed by atoms with Crippen LogP contribution >= 0.6 is 15.9 Å². The zero-order valence-corrected chi connectivity index (χ0v) is 12.7. The molecular weight excluding hydrogens is 292 g/mol. The molecule has 1 aliphatic carbocycles. The van der Waals surface area contributed by atoms with E-state index < -0.39 is 0 Å². The molecular formula is C14H21BrN2O. The molecule has 0 radical (unpaired) electrons. The third-order valence-corrected chi connectivity index (χ3v) is 4.10. The smallest absolute Gasteiger partial charge is 0.267 e. The van der Waals surface area contributed by atoms with Gasteiger partial charge in [-0.05, 0) is 48.2 Å². The second-order valence-corrected chi connectivity index (χ2v) is 6.30. The highest BCUT2D eigenvalue weighted by molar-refractivity contribution is 9.10. The van der Waals surface area contributed by atoms with Gasteiger partial charge in [0.25, 0.3) is 5.91 Å². The zero-order valence-electron chi connectivity index (χ0n) is 11.1. The van der Waals surface area contributed by atoms with Gasteiger partial charge in [-0.2, -0.15) is 0 Å². The number of amides is 1. The highest BCUT2D eigenvalue weighted by atomic mass is 79.9. The van der Waals surface area contributed by atoms with Crippen LogP contribution in [0.2, 0.25) is 0 Å². The highest BCUT2D eigenvalue weighted by Crippen LogP contribution is 2.28. The molecule has 2 rings (SSSR count). The van der Waals surface area contributed by atoms with Crippen molar-refractivity contribution in [1.29, 1.82) is 0 Å². The summed E-state index contributed by atoms with van der Waals surface area (Å²) in [6.07, 6.45) is 7.12. The molecule has 1 heterocycles. The molecule has 0 aromatic carbocycles. The highest BCUT2D eigenvalue weighted by Gasteiger charge is 2.18. The molecule has 1 amide bonds. The molecule has 3 nitrogen and oxygen atoms in total. The molecule has 1 fully saturated rings.